The van der Waals surface area contributed by atoms with Crippen LogP contribution in [0.5, 0.6) is 0 Å². The molecule has 1 aromatic rings. The molecule has 0 unspecified atom stereocenters. The summed E-state index contributed by atoms with van der Waals surface area (Å²) in [5.74, 6) is 0. The molecule has 0 fully saturated rings. The van der Waals surface area contributed by atoms with Crippen LogP contribution in [-0.4, -0.2) is 40.2 Å². The summed E-state index contributed by atoms with van der Waals surface area (Å²) < 4.78 is 26.1. The summed E-state index contributed by atoms with van der Waals surface area (Å²) in [6, 6.07) is 0. The van der Waals surface area contributed by atoms with E-state index < -0.39 is 22.7 Å². The average Bonchev–Trinajstić information content (AvgIpc) is 2.52. The lowest BCUT2D eigenvalue weighted by Gasteiger charge is -2.09. The molecule has 0 aliphatic carbocycles. The Bertz CT molecular complexity index is 422. The normalized spacial score (nSPS) is 11.5. The Balaban J connectivity index is 3.08. The smallest absolute Gasteiger partial charge is 0.308 e. The van der Waals surface area contributed by atoms with Gasteiger partial charge in [-0.25, -0.2) is 13.5 Å². The van der Waals surface area contributed by atoms with Crippen LogP contribution in [0.25, 0.3) is 0 Å². The molecule has 0 spiro atoms. The molecule has 1 rings (SSSR count). The third kappa shape index (κ3) is 3.10. The number of alkyl halides is 2. The third-order valence-electron chi connectivity index (χ3n) is 2.04. The number of halogens is 3. The van der Waals surface area contributed by atoms with Gasteiger partial charge in [-0.1, -0.05) is 11.6 Å². The van der Waals surface area contributed by atoms with E-state index in [2.05, 4.69) is 5.10 Å². The second kappa shape index (κ2) is 5.37. The Morgan fingerprint density at radius 2 is 2.18 bits per heavy atom. The van der Waals surface area contributed by atoms with Crippen LogP contribution in [0, 0.1) is 10.1 Å². The molecule has 96 valence electrons. The summed E-state index contributed by atoms with van der Waals surface area (Å²) in [7, 11) is 3.56. The fourth-order valence-corrected chi connectivity index (χ4v) is 1.50. The zero-order chi connectivity index (χ0) is 13.2. The van der Waals surface area contributed by atoms with Crippen molar-refractivity contribution in [2.24, 2.45) is 0 Å². The van der Waals surface area contributed by atoms with Gasteiger partial charge in [-0.2, -0.15) is 5.10 Å². The lowest BCUT2D eigenvalue weighted by molar-refractivity contribution is -0.386. The Labute approximate surface area is 101 Å². The highest BCUT2D eigenvalue weighted by Crippen LogP contribution is 2.34. The van der Waals surface area contributed by atoms with E-state index in [9.17, 15) is 18.9 Å². The van der Waals surface area contributed by atoms with Gasteiger partial charge >= 0.3 is 5.69 Å². The Hall–Kier alpha value is -1.28. The number of rotatable bonds is 5. The number of hydrogen-bond donors (Lipinski definition) is 0. The maximum absolute atomic E-state index is 12.5. The average molecular weight is 269 g/mol. The number of likely N-dealkylation sites (N-methyl/N-ethyl adjacent to an activating group) is 1. The van der Waals surface area contributed by atoms with Crippen molar-refractivity contribution in [1.82, 2.24) is 14.7 Å². The van der Waals surface area contributed by atoms with Gasteiger partial charge in [0.05, 0.1) is 11.5 Å². The molecule has 1 heterocycles. The minimum absolute atomic E-state index is 0.208. The molecule has 1 aromatic heterocycles. The summed E-state index contributed by atoms with van der Waals surface area (Å²) in [4.78, 5) is 11.5. The highest BCUT2D eigenvalue weighted by atomic mass is 35.5. The molecule has 0 radical (unpaired) electrons. The molecule has 0 bridgehead atoms. The molecule has 0 aliphatic heterocycles. The summed E-state index contributed by atoms with van der Waals surface area (Å²) in [5, 5.41) is 13.7. The molecule has 6 nitrogen and oxygen atoms in total. The largest absolute Gasteiger partial charge is 0.334 e. The Kier molecular flexibility index (Phi) is 4.35. The Morgan fingerprint density at radius 1 is 1.59 bits per heavy atom. The predicted molar refractivity (Wildman–Crippen MR) is 57.4 cm³/mol. The molecule has 0 atom stereocenters. The predicted octanol–water partition coefficient (Wildman–Crippen LogP) is 1.94. The molecule has 0 amide bonds. The van der Waals surface area contributed by atoms with Crippen LogP contribution >= 0.6 is 11.6 Å². The lowest BCUT2D eigenvalue weighted by Crippen LogP contribution is -2.19. The highest BCUT2D eigenvalue weighted by Gasteiger charge is 2.32. The molecular formula is C8H11ClF2N4O2. The van der Waals surface area contributed by atoms with Crippen molar-refractivity contribution < 1.29 is 13.7 Å². The van der Waals surface area contributed by atoms with Gasteiger partial charge in [0.25, 0.3) is 6.43 Å². The van der Waals surface area contributed by atoms with E-state index in [0.717, 1.165) is 4.68 Å². The first-order valence-electron chi connectivity index (χ1n) is 4.68. The maximum Gasteiger partial charge on any atom is 0.334 e. The first-order valence-corrected chi connectivity index (χ1v) is 5.05. The van der Waals surface area contributed by atoms with Gasteiger partial charge < -0.3 is 4.90 Å². The van der Waals surface area contributed by atoms with Crippen LogP contribution in [0.15, 0.2) is 0 Å². The van der Waals surface area contributed by atoms with Crippen molar-refractivity contribution in [3.8, 4) is 0 Å². The van der Waals surface area contributed by atoms with Crippen LogP contribution in [0.1, 0.15) is 12.1 Å². The molecule has 0 N–H and O–H groups in total. The monoisotopic (exact) mass is 268 g/mol. The van der Waals surface area contributed by atoms with Crippen molar-refractivity contribution in [3.63, 3.8) is 0 Å². The van der Waals surface area contributed by atoms with E-state index in [1.165, 1.54) is 0 Å². The molecule has 0 aliphatic rings. The fraction of sp³-hybridized carbons (Fsp3) is 0.625. The maximum atomic E-state index is 12.5. The van der Waals surface area contributed by atoms with Crippen molar-refractivity contribution in [3.05, 3.63) is 21.0 Å². The molecular weight excluding hydrogens is 258 g/mol. The van der Waals surface area contributed by atoms with E-state index in [0.29, 0.717) is 6.54 Å². The lowest BCUT2D eigenvalue weighted by atomic mass is 10.4. The third-order valence-corrected chi connectivity index (χ3v) is 2.42. The number of nitro groups is 1. The van der Waals surface area contributed by atoms with Gasteiger partial charge in [0.1, 0.15) is 0 Å². The minimum atomic E-state index is -3.02. The van der Waals surface area contributed by atoms with Crippen LogP contribution in [0.3, 0.4) is 0 Å². The van der Waals surface area contributed by atoms with Gasteiger partial charge in [0.15, 0.2) is 0 Å². The summed E-state index contributed by atoms with van der Waals surface area (Å²) in [6.45, 7) is 0.695. The highest BCUT2D eigenvalue weighted by molar-refractivity contribution is 6.31. The molecule has 0 saturated carbocycles. The van der Waals surface area contributed by atoms with Gasteiger partial charge in [0, 0.05) is 6.54 Å². The topological polar surface area (TPSA) is 64.2 Å². The minimum Gasteiger partial charge on any atom is -0.308 e. The fourth-order valence-electron chi connectivity index (χ4n) is 1.21. The molecule has 0 saturated heterocycles. The van der Waals surface area contributed by atoms with Gasteiger partial charge in [-0.3, -0.25) is 10.1 Å². The van der Waals surface area contributed by atoms with Crippen molar-refractivity contribution in [2.45, 2.75) is 13.0 Å². The number of aromatic nitrogens is 2. The summed E-state index contributed by atoms with van der Waals surface area (Å²) in [5.41, 5.74) is -1.71. The summed E-state index contributed by atoms with van der Waals surface area (Å²) >= 11 is 5.66. The first-order chi connectivity index (χ1) is 7.84. The van der Waals surface area contributed by atoms with E-state index in [-0.39, 0.29) is 11.7 Å². The van der Waals surface area contributed by atoms with Gasteiger partial charge in [-0.05, 0) is 14.1 Å². The second-order valence-electron chi connectivity index (χ2n) is 3.61. The molecule has 17 heavy (non-hydrogen) atoms. The first kappa shape index (κ1) is 13.8. The standard InChI is InChI=1S/C8H11ClF2N4O2/c1-13(2)3-4-14-7(9)6(15(16)17)5(12-14)8(10)11/h8H,3-4H2,1-2H3. The zero-order valence-electron chi connectivity index (χ0n) is 9.23. The molecule has 9 heteroatoms. The zero-order valence-corrected chi connectivity index (χ0v) is 9.99. The SMILES string of the molecule is CN(C)CCn1nc(C(F)F)c([N+](=O)[O-])c1Cl. The van der Waals surface area contributed by atoms with Crippen molar-refractivity contribution >= 4 is 17.3 Å². The van der Waals surface area contributed by atoms with E-state index >= 15 is 0 Å². The van der Waals surface area contributed by atoms with Gasteiger partial charge in [0.2, 0.25) is 10.8 Å². The number of nitrogens with zero attached hydrogens (tertiary/aromatic N) is 4. The van der Waals surface area contributed by atoms with E-state index in [4.69, 9.17) is 11.6 Å². The van der Waals surface area contributed by atoms with Crippen LogP contribution in [0.2, 0.25) is 5.15 Å². The van der Waals surface area contributed by atoms with Crippen molar-refractivity contribution in [2.75, 3.05) is 20.6 Å². The quantitative estimate of drug-likeness (QED) is 0.605. The molecule has 0 aromatic carbocycles. The van der Waals surface area contributed by atoms with Crippen LogP contribution in [0.4, 0.5) is 14.5 Å². The summed E-state index contributed by atoms with van der Waals surface area (Å²) in [6.07, 6.45) is -3.02. The second-order valence-corrected chi connectivity index (χ2v) is 3.97. The number of hydrogen-bond acceptors (Lipinski definition) is 4. The van der Waals surface area contributed by atoms with Crippen molar-refractivity contribution in [1.29, 1.82) is 0 Å². The van der Waals surface area contributed by atoms with E-state index in [1.54, 1.807) is 19.0 Å². The van der Waals surface area contributed by atoms with E-state index in [1.807, 2.05) is 0 Å². The van der Waals surface area contributed by atoms with Crippen LogP contribution in [-0.2, 0) is 6.54 Å². The van der Waals surface area contributed by atoms with Gasteiger partial charge in [-0.15, -0.1) is 0 Å². The Morgan fingerprint density at radius 3 is 2.53 bits per heavy atom. The van der Waals surface area contributed by atoms with Crippen LogP contribution < -0.4 is 0 Å².